The summed E-state index contributed by atoms with van der Waals surface area (Å²) in [6.45, 7) is 11.4. The maximum atomic E-state index is 5.50. The first-order valence-electron chi connectivity index (χ1n) is 7.00. The van der Waals surface area contributed by atoms with E-state index in [-0.39, 0.29) is 0 Å². The molecule has 18 heavy (non-hydrogen) atoms. The van der Waals surface area contributed by atoms with Gasteiger partial charge < -0.3 is 10.1 Å². The largest absolute Gasteiger partial charge is 0.379 e. The second-order valence-corrected chi connectivity index (χ2v) is 5.35. The molecule has 0 aliphatic carbocycles. The highest BCUT2D eigenvalue weighted by Crippen LogP contribution is 2.14. The molecule has 0 atom stereocenters. The monoisotopic (exact) mass is 249 g/mol. The molecule has 2 heteroatoms. The molecule has 1 N–H and O–H groups in total. The Balaban J connectivity index is 2.15. The Bertz CT molecular complexity index is 316. The fourth-order valence-electron chi connectivity index (χ4n) is 1.77. The van der Waals surface area contributed by atoms with Gasteiger partial charge in [-0.05, 0) is 43.9 Å². The van der Waals surface area contributed by atoms with Crippen molar-refractivity contribution in [3.8, 4) is 0 Å². The fourth-order valence-corrected chi connectivity index (χ4v) is 1.77. The number of benzene rings is 1. The van der Waals surface area contributed by atoms with Crippen LogP contribution in [-0.2, 0) is 11.3 Å². The lowest BCUT2D eigenvalue weighted by Crippen LogP contribution is -2.17. The summed E-state index contributed by atoms with van der Waals surface area (Å²) >= 11 is 0. The first kappa shape index (κ1) is 15.2. The van der Waals surface area contributed by atoms with Gasteiger partial charge in [-0.15, -0.1) is 0 Å². The zero-order valence-electron chi connectivity index (χ0n) is 12.2. The van der Waals surface area contributed by atoms with Gasteiger partial charge in [-0.2, -0.15) is 0 Å². The second kappa shape index (κ2) is 8.28. The Morgan fingerprint density at radius 2 is 1.72 bits per heavy atom. The van der Waals surface area contributed by atoms with E-state index in [1.54, 1.807) is 0 Å². The molecule has 2 nitrogen and oxygen atoms in total. The van der Waals surface area contributed by atoms with Gasteiger partial charge in [0.05, 0.1) is 6.10 Å². The van der Waals surface area contributed by atoms with Gasteiger partial charge in [0.1, 0.15) is 0 Å². The van der Waals surface area contributed by atoms with E-state index < -0.39 is 0 Å². The summed E-state index contributed by atoms with van der Waals surface area (Å²) in [6, 6.07) is 8.88. The van der Waals surface area contributed by atoms with E-state index in [0.717, 1.165) is 26.1 Å². The molecular weight excluding hydrogens is 222 g/mol. The summed E-state index contributed by atoms with van der Waals surface area (Å²) in [5.74, 6) is 0.611. The van der Waals surface area contributed by atoms with Crippen LogP contribution in [0, 0.1) is 0 Å². The van der Waals surface area contributed by atoms with Crippen LogP contribution in [-0.4, -0.2) is 19.3 Å². The summed E-state index contributed by atoms with van der Waals surface area (Å²) in [6.07, 6.45) is 1.41. The van der Waals surface area contributed by atoms with Crippen LogP contribution in [0.5, 0.6) is 0 Å². The standard InChI is InChI=1S/C16H27NO/c1-13(2)16-8-6-15(7-9-16)12-17-10-5-11-18-14(3)4/h6-9,13-14,17H,5,10-12H2,1-4H3. The van der Waals surface area contributed by atoms with Crippen LogP contribution in [0.2, 0.25) is 0 Å². The fraction of sp³-hybridized carbons (Fsp3) is 0.625. The predicted octanol–water partition coefficient (Wildman–Crippen LogP) is 3.71. The Hall–Kier alpha value is -0.860. The molecule has 0 aliphatic heterocycles. The molecule has 1 rings (SSSR count). The van der Waals surface area contributed by atoms with Crippen LogP contribution in [0.15, 0.2) is 24.3 Å². The highest BCUT2D eigenvalue weighted by molar-refractivity contribution is 5.24. The van der Waals surface area contributed by atoms with Gasteiger partial charge >= 0.3 is 0 Å². The number of nitrogens with one attached hydrogen (secondary N) is 1. The van der Waals surface area contributed by atoms with Crippen LogP contribution in [0.4, 0.5) is 0 Å². The molecule has 0 heterocycles. The lowest BCUT2D eigenvalue weighted by molar-refractivity contribution is 0.0770. The molecule has 0 fully saturated rings. The summed E-state index contributed by atoms with van der Waals surface area (Å²) < 4.78 is 5.50. The van der Waals surface area contributed by atoms with Crippen LogP contribution in [0.25, 0.3) is 0 Å². The summed E-state index contributed by atoms with van der Waals surface area (Å²) in [7, 11) is 0. The van der Waals surface area contributed by atoms with Crippen molar-refractivity contribution in [3.63, 3.8) is 0 Å². The SMILES string of the molecule is CC(C)OCCCNCc1ccc(C(C)C)cc1. The first-order valence-corrected chi connectivity index (χ1v) is 7.00. The average molecular weight is 249 g/mol. The van der Waals surface area contributed by atoms with Crippen molar-refractivity contribution in [1.29, 1.82) is 0 Å². The lowest BCUT2D eigenvalue weighted by atomic mass is 10.0. The molecule has 0 aromatic heterocycles. The van der Waals surface area contributed by atoms with E-state index in [4.69, 9.17) is 4.74 Å². The third-order valence-electron chi connectivity index (χ3n) is 2.92. The van der Waals surface area contributed by atoms with Gasteiger partial charge in [-0.1, -0.05) is 38.1 Å². The molecule has 1 aromatic rings. The molecule has 0 amide bonds. The molecular formula is C16H27NO. The van der Waals surface area contributed by atoms with Crippen LogP contribution in [0.1, 0.15) is 51.2 Å². The van der Waals surface area contributed by atoms with Crippen LogP contribution in [0.3, 0.4) is 0 Å². The number of rotatable bonds is 8. The van der Waals surface area contributed by atoms with Gasteiger partial charge in [-0.3, -0.25) is 0 Å². The lowest BCUT2D eigenvalue weighted by Gasteiger charge is -2.09. The first-order chi connectivity index (χ1) is 8.59. The number of hydrogen-bond donors (Lipinski definition) is 1. The van der Waals surface area contributed by atoms with Crippen molar-refractivity contribution in [1.82, 2.24) is 5.32 Å². The maximum absolute atomic E-state index is 5.50. The molecule has 0 aliphatic rings. The topological polar surface area (TPSA) is 21.3 Å². The summed E-state index contributed by atoms with van der Waals surface area (Å²) in [4.78, 5) is 0. The van der Waals surface area contributed by atoms with Gasteiger partial charge in [0, 0.05) is 13.2 Å². The van der Waals surface area contributed by atoms with Gasteiger partial charge in [-0.25, -0.2) is 0 Å². The molecule has 0 saturated carbocycles. The van der Waals surface area contributed by atoms with E-state index >= 15 is 0 Å². The Kier molecular flexibility index (Phi) is 6.99. The van der Waals surface area contributed by atoms with Crippen molar-refractivity contribution in [2.75, 3.05) is 13.2 Å². The highest BCUT2D eigenvalue weighted by Gasteiger charge is 1.99. The Morgan fingerprint density at radius 1 is 1.06 bits per heavy atom. The third-order valence-corrected chi connectivity index (χ3v) is 2.92. The van der Waals surface area contributed by atoms with Gasteiger partial charge in [0.2, 0.25) is 0 Å². The minimum atomic E-state index is 0.341. The van der Waals surface area contributed by atoms with Crippen molar-refractivity contribution < 1.29 is 4.74 Å². The van der Waals surface area contributed by atoms with Crippen molar-refractivity contribution in [2.45, 2.75) is 52.7 Å². The van der Waals surface area contributed by atoms with Crippen molar-refractivity contribution >= 4 is 0 Å². The molecule has 102 valence electrons. The van der Waals surface area contributed by atoms with Crippen molar-refractivity contribution in [3.05, 3.63) is 35.4 Å². The Morgan fingerprint density at radius 3 is 2.28 bits per heavy atom. The second-order valence-electron chi connectivity index (χ2n) is 5.35. The van der Waals surface area contributed by atoms with E-state index in [1.165, 1.54) is 11.1 Å². The van der Waals surface area contributed by atoms with Crippen LogP contribution >= 0.6 is 0 Å². The van der Waals surface area contributed by atoms with E-state index in [2.05, 4.69) is 57.3 Å². The van der Waals surface area contributed by atoms with E-state index in [1.807, 2.05) is 0 Å². The van der Waals surface area contributed by atoms with Gasteiger partial charge in [0.25, 0.3) is 0 Å². The minimum absolute atomic E-state index is 0.341. The molecule has 0 unspecified atom stereocenters. The Labute approximate surface area is 112 Å². The molecule has 0 spiro atoms. The van der Waals surface area contributed by atoms with Gasteiger partial charge in [0.15, 0.2) is 0 Å². The summed E-state index contributed by atoms with van der Waals surface area (Å²) in [5, 5.41) is 3.44. The number of hydrogen-bond acceptors (Lipinski definition) is 2. The minimum Gasteiger partial charge on any atom is -0.379 e. The predicted molar refractivity (Wildman–Crippen MR) is 77.9 cm³/mol. The number of ether oxygens (including phenoxy) is 1. The van der Waals surface area contributed by atoms with Crippen molar-refractivity contribution in [2.24, 2.45) is 0 Å². The summed E-state index contributed by atoms with van der Waals surface area (Å²) in [5.41, 5.74) is 2.76. The third kappa shape index (κ3) is 6.18. The zero-order valence-corrected chi connectivity index (χ0v) is 12.2. The quantitative estimate of drug-likeness (QED) is 0.709. The van der Waals surface area contributed by atoms with E-state index in [0.29, 0.717) is 12.0 Å². The molecule has 0 saturated heterocycles. The smallest absolute Gasteiger partial charge is 0.0518 e. The molecule has 0 radical (unpaired) electrons. The molecule has 0 bridgehead atoms. The highest BCUT2D eigenvalue weighted by atomic mass is 16.5. The average Bonchev–Trinajstić information content (AvgIpc) is 2.34. The van der Waals surface area contributed by atoms with Crippen LogP contribution < -0.4 is 5.32 Å². The normalized spacial score (nSPS) is 11.4. The van der Waals surface area contributed by atoms with E-state index in [9.17, 15) is 0 Å². The molecule has 1 aromatic carbocycles. The maximum Gasteiger partial charge on any atom is 0.0518 e. The zero-order chi connectivity index (χ0) is 13.4.